The highest BCUT2D eigenvalue weighted by molar-refractivity contribution is 7.13. The molecule has 30 heavy (non-hydrogen) atoms. The molecule has 4 rings (SSSR count). The number of nitrogens with zero attached hydrogens (tertiary/aromatic N) is 1. The number of hydrogen-bond donors (Lipinski definition) is 2. The zero-order valence-corrected chi connectivity index (χ0v) is 17.8. The number of thiazole rings is 1. The Bertz CT molecular complexity index is 1180. The standard InChI is InChI=1S/C23H19N3O2S2/c1-15-5-2-6-16(11-15)23-26-19(14-30-23)13-21(27)24-17-7-3-8-18(12-17)25-22(28)20-9-4-10-29-20/h2-12,14H,13H2,1H3,(H,24,27)(H,25,28). The van der Waals surface area contributed by atoms with Crippen molar-refractivity contribution in [3.05, 3.63) is 87.6 Å². The number of carbonyl (C=O) groups is 2. The summed E-state index contributed by atoms with van der Waals surface area (Å²) in [6, 6.07) is 18.9. The highest BCUT2D eigenvalue weighted by atomic mass is 32.1. The van der Waals surface area contributed by atoms with E-state index >= 15 is 0 Å². The highest BCUT2D eigenvalue weighted by Crippen LogP contribution is 2.25. The van der Waals surface area contributed by atoms with Crippen LogP contribution in [0, 0.1) is 6.92 Å². The molecule has 0 fully saturated rings. The first-order chi connectivity index (χ1) is 14.6. The van der Waals surface area contributed by atoms with Crippen LogP contribution in [0.2, 0.25) is 0 Å². The van der Waals surface area contributed by atoms with E-state index in [9.17, 15) is 9.59 Å². The van der Waals surface area contributed by atoms with Crippen LogP contribution in [0.5, 0.6) is 0 Å². The number of amides is 2. The molecular weight excluding hydrogens is 414 g/mol. The summed E-state index contributed by atoms with van der Waals surface area (Å²) >= 11 is 2.91. The summed E-state index contributed by atoms with van der Waals surface area (Å²) in [5.74, 6) is -0.322. The molecule has 150 valence electrons. The Morgan fingerprint density at radius 2 is 1.73 bits per heavy atom. The third-order valence-corrected chi connectivity index (χ3v) is 6.12. The first-order valence-electron chi connectivity index (χ1n) is 9.33. The maximum Gasteiger partial charge on any atom is 0.265 e. The van der Waals surface area contributed by atoms with Crippen molar-refractivity contribution in [1.29, 1.82) is 0 Å². The van der Waals surface area contributed by atoms with Crippen molar-refractivity contribution in [3.8, 4) is 10.6 Å². The summed E-state index contributed by atoms with van der Waals surface area (Å²) in [7, 11) is 0. The molecule has 0 aliphatic rings. The molecule has 0 spiro atoms. The van der Waals surface area contributed by atoms with Gasteiger partial charge in [-0.2, -0.15) is 0 Å². The van der Waals surface area contributed by atoms with Crippen LogP contribution < -0.4 is 10.6 Å². The summed E-state index contributed by atoms with van der Waals surface area (Å²) in [6.07, 6.45) is 0.189. The number of thiophene rings is 1. The Morgan fingerprint density at radius 3 is 2.50 bits per heavy atom. The highest BCUT2D eigenvalue weighted by Gasteiger charge is 2.11. The average Bonchev–Trinajstić information content (AvgIpc) is 3.40. The van der Waals surface area contributed by atoms with Gasteiger partial charge in [0.1, 0.15) is 5.01 Å². The van der Waals surface area contributed by atoms with E-state index in [0.29, 0.717) is 16.3 Å². The van der Waals surface area contributed by atoms with Gasteiger partial charge in [0.05, 0.1) is 17.0 Å². The van der Waals surface area contributed by atoms with Gasteiger partial charge in [0.15, 0.2) is 0 Å². The van der Waals surface area contributed by atoms with Crippen LogP contribution >= 0.6 is 22.7 Å². The molecule has 5 nitrogen and oxygen atoms in total. The number of nitrogens with one attached hydrogen (secondary N) is 2. The molecule has 0 bridgehead atoms. The van der Waals surface area contributed by atoms with Crippen LogP contribution in [0.25, 0.3) is 10.6 Å². The monoisotopic (exact) mass is 433 g/mol. The first kappa shape index (κ1) is 20.0. The zero-order valence-electron chi connectivity index (χ0n) is 16.2. The van der Waals surface area contributed by atoms with E-state index in [1.807, 2.05) is 41.9 Å². The van der Waals surface area contributed by atoms with Crippen molar-refractivity contribution >= 4 is 45.9 Å². The molecule has 0 aliphatic carbocycles. The number of hydrogen-bond acceptors (Lipinski definition) is 5. The average molecular weight is 434 g/mol. The molecule has 0 aliphatic heterocycles. The predicted molar refractivity (Wildman–Crippen MR) is 123 cm³/mol. The second-order valence-electron chi connectivity index (χ2n) is 6.75. The van der Waals surface area contributed by atoms with Gasteiger partial charge in [-0.15, -0.1) is 22.7 Å². The van der Waals surface area contributed by atoms with E-state index in [0.717, 1.165) is 16.3 Å². The SMILES string of the molecule is Cc1cccc(-c2nc(CC(=O)Nc3cccc(NC(=O)c4cccs4)c3)cs2)c1. The number of benzene rings is 2. The zero-order chi connectivity index (χ0) is 20.9. The predicted octanol–water partition coefficient (Wildman–Crippen LogP) is 5.61. The lowest BCUT2D eigenvalue weighted by atomic mass is 10.1. The maximum atomic E-state index is 12.5. The number of rotatable bonds is 6. The summed E-state index contributed by atoms with van der Waals surface area (Å²) in [6.45, 7) is 2.04. The van der Waals surface area contributed by atoms with Gasteiger partial charge in [0.2, 0.25) is 5.91 Å². The van der Waals surface area contributed by atoms with Crippen LogP contribution in [0.1, 0.15) is 20.9 Å². The Morgan fingerprint density at radius 1 is 0.933 bits per heavy atom. The van der Waals surface area contributed by atoms with Crippen molar-refractivity contribution in [2.75, 3.05) is 10.6 Å². The molecule has 2 aromatic carbocycles. The lowest BCUT2D eigenvalue weighted by molar-refractivity contribution is -0.115. The normalized spacial score (nSPS) is 10.6. The van der Waals surface area contributed by atoms with Crippen LogP contribution in [-0.4, -0.2) is 16.8 Å². The van der Waals surface area contributed by atoms with E-state index in [2.05, 4.69) is 21.7 Å². The van der Waals surface area contributed by atoms with Crippen LogP contribution in [0.4, 0.5) is 11.4 Å². The Hall–Kier alpha value is -3.29. The van der Waals surface area contributed by atoms with E-state index < -0.39 is 0 Å². The second kappa shape index (κ2) is 9.02. The largest absolute Gasteiger partial charge is 0.326 e. The van der Waals surface area contributed by atoms with Gasteiger partial charge < -0.3 is 10.6 Å². The summed E-state index contributed by atoms with van der Waals surface area (Å²) < 4.78 is 0. The molecular formula is C23H19N3O2S2. The molecule has 7 heteroatoms. The number of aromatic nitrogens is 1. The van der Waals surface area contributed by atoms with E-state index in [4.69, 9.17) is 0 Å². The number of carbonyl (C=O) groups excluding carboxylic acids is 2. The molecule has 0 saturated carbocycles. The third kappa shape index (κ3) is 5.00. The molecule has 2 N–H and O–H groups in total. The number of anilines is 2. The van der Waals surface area contributed by atoms with Gasteiger partial charge in [-0.1, -0.05) is 35.9 Å². The van der Waals surface area contributed by atoms with Crippen LogP contribution in [-0.2, 0) is 11.2 Å². The van der Waals surface area contributed by atoms with Crippen molar-refractivity contribution < 1.29 is 9.59 Å². The minimum Gasteiger partial charge on any atom is -0.326 e. The smallest absolute Gasteiger partial charge is 0.265 e. The Kier molecular flexibility index (Phi) is 6.02. The number of aryl methyl sites for hydroxylation is 1. The molecule has 0 radical (unpaired) electrons. The van der Waals surface area contributed by atoms with Gasteiger partial charge in [-0.3, -0.25) is 9.59 Å². The topological polar surface area (TPSA) is 71.1 Å². The molecule has 0 saturated heterocycles. The van der Waals surface area contributed by atoms with Gasteiger partial charge in [0, 0.05) is 22.3 Å². The third-order valence-electron chi connectivity index (χ3n) is 4.31. The van der Waals surface area contributed by atoms with E-state index in [1.54, 1.807) is 30.3 Å². The van der Waals surface area contributed by atoms with E-state index in [1.165, 1.54) is 28.2 Å². The molecule has 2 heterocycles. The van der Waals surface area contributed by atoms with Gasteiger partial charge in [0.25, 0.3) is 5.91 Å². The summed E-state index contributed by atoms with van der Waals surface area (Å²) in [4.78, 5) is 29.9. The lowest BCUT2D eigenvalue weighted by Gasteiger charge is -2.08. The second-order valence-corrected chi connectivity index (χ2v) is 8.56. The van der Waals surface area contributed by atoms with Crippen molar-refractivity contribution in [2.24, 2.45) is 0 Å². The van der Waals surface area contributed by atoms with Gasteiger partial charge >= 0.3 is 0 Å². The van der Waals surface area contributed by atoms with Crippen LogP contribution in [0.3, 0.4) is 0 Å². The summed E-state index contributed by atoms with van der Waals surface area (Å²) in [5.41, 5.74) is 4.21. The lowest BCUT2D eigenvalue weighted by Crippen LogP contribution is -2.15. The first-order valence-corrected chi connectivity index (χ1v) is 11.1. The fourth-order valence-corrected chi connectivity index (χ4v) is 4.38. The Labute approximate surface area is 182 Å². The fraction of sp³-hybridized carbons (Fsp3) is 0.0870. The van der Waals surface area contributed by atoms with E-state index in [-0.39, 0.29) is 18.2 Å². The van der Waals surface area contributed by atoms with Crippen molar-refractivity contribution in [2.45, 2.75) is 13.3 Å². The molecule has 0 unspecified atom stereocenters. The molecule has 0 atom stereocenters. The maximum absolute atomic E-state index is 12.5. The molecule has 2 aromatic heterocycles. The van der Waals surface area contributed by atoms with Crippen molar-refractivity contribution in [1.82, 2.24) is 4.98 Å². The fourth-order valence-electron chi connectivity index (χ4n) is 2.94. The summed E-state index contributed by atoms with van der Waals surface area (Å²) in [5, 5.41) is 10.4. The molecule has 2 amide bonds. The van der Waals surface area contributed by atoms with Crippen molar-refractivity contribution in [3.63, 3.8) is 0 Å². The minimum absolute atomic E-state index is 0.155. The van der Waals surface area contributed by atoms with Gasteiger partial charge in [-0.25, -0.2) is 4.98 Å². The quantitative estimate of drug-likeness (QED) is 0.415. The Balaban J connectivity index is 1.38. The van der Waals surface area contributed by atoms with Gasteiger partial charge in [-0.05, 0) is 42.6 Å². The minimum atomic E-state index is -0.167. The molecule has 4 aromatic rings. The van der Waals surface area contributed by atoms with Crippen LogP contribution in [0.15, 0.2) is 71.4 Å².